The van der Waals surface area contributed by atoms with Gasteiger partial charge >= 0.3 is 0 Å². The average molecular weight is 303 g/mol. The minimum Gasteiger partial charge on any atom is -0.383 e. The smallest absolute Gasteiger partial charge is 0.138 e. The lowest BCUT2D eigenvalue weighted by Crippen LogP contribution is -2.02. The largest absolute Gasteiger partial charge is 0.383 e. The number of rotatable bonds is 3. The van der Waals surface area contributed by atoms with E-state index in [1.807, 2.05) is 35.6 Å². The van der Waals surface area contributed by atoms with Crippen LogP contribution in [0.5, 0.6) is 0 Å². The van der Waals surface area contributed by atoms with Gasteiger partial charge in [-0.05, 0) is 41.6 Å². The van der Waals surface area contributed by atoms with Crippen LogP contribution >= 0.6 is 22.6 Å². The molecule has 0 aliphatic heterocycles. The van der Waals surface area contributed by atoms with Crippen molar-refractivity contribution >= 4 is 28.3 Å². The van der Waals surface area contributed by atoms with Crippen molar-refractivity contribution in [1.29, 1.82) is 0 Å². The summed E-state index contributed by atoms with van der Waals surface area (Å²) in [6.07, 6.45) is 0.781. The van der Waals surface area contributed by atoms with Gasteiger partial charge in [-0.3, -0.25) is 0 Å². The van der Waals surface area contributed by atoms with Crippen molar-refractivity contribution in [1.82, 2.24) is 0 Å². The monoisotopic (exact) mass is 303 g/mol. The Bertz CT molecular complexity index is 365. The van der Waals surface area contributed by atoms with Crippen LogP contribution in [0.3, 0.4) is 0 Å². The van der Waals surface area contributed by atoms with Crippen LogP contribution in [0.4, 0.5) is 10.1 Å². The van der Waals surface area contributed by atoms with Gasteiger partial charge in [0, 0.05) is 13.0 Å². The molecule has 0 aliphatic rings. The van der Waals surface area contributed by atoms with Gasteiger partial charge < -0.3 is 5.32 Å². The van der Waals surface area contributed by atoms with Gasteiger partial charge in [0.15, 0.2) is 0 Å². The summed E-state index contributed by atoms with van der Waals surface area (Å²) in [5.74, 6) is 5.57. The number of anilines is 1. The zero-order valence-corrected chi connectivity index (χ0v) is 10.1. The molecule has 1 aromatic rings. The Morgan fingerprint density at radius 2 is 2.29 bits per heavy atom. The summed E-state index contributed by atoms with van der Waals surface area (Å²) in [6, 6.07) is 5.02. The van der Waals surface area contributed by atoms with Crippen LogP contribution in [0.1, 0.15) is 13.3 Å². The molecule has 0 bridgehead atoms. The van der Waals surface area contributed by atoms with E-state index < -0.39 is 0 Å². The molecular weight excluding hydrogens is 292 g/mol. The Kier molecular flexibility index (Phi) is 4.74. The molecule has 1 nitrogen and oxygen atoms in total. The van der Waals surface area contributed by atoms with E-state index in [0.717, 1.165) is 18.7 Å². The van der Waals surface area contributed by atoms with Gasteiger partial charge in [-0.15, -0.1) is 11.8 Å². The quantitative estimate of drug-likeness (QED) is 0.513. The number of hydrogen-bond acceptors (Lipinski definition) is 1. The summed E-state index contributed by atoms with van der Waals surface area (Å²) in [7, 11) is 0. The molecule has 0 saturated heterocycles. The summed E-state index contributed by atoms with van der Waals surface area (Å²) in [5, 5.41) is 3.14. The lowest BCUT2D eigenvalue weighted by atomic mass is 10.3. The van der Waals surface area contributed by atoms with Crippen molar-refractivity contribution in [2.45, 2.75) is 13.3 Å². The Labute approximate surface area is 97.2 Å². The highest BCUT2D eigenvalue weighted by Gasteiger charge is 2.02. The number of hydrogen-bond donors (Lipinski definition) is 1. The second kappa shape index (κ2) is 5.86. The second-order valence-corrected chi connectivity index (χ2v) is 3.78. The Balaban J connectivity index is 2.57. The molecule has 0 unspecified atom stereocenters. The van der Waals surface area contributed by atoms with E-state index in [2.05, 4.69) is 17.2 Å². The molecule has 0 radical (unpaired) electrons. The average Bonchev–Trinajstić information content (AvgIpc) is 2.19. The lowest BCUT2D eigenvalue weighted by molar-refractivity contribution is 0.621. The van der Waals surface area contributed by atoms with Gasteiger partial charge in [0.2, 0.25) is 0 Å². The fraction of sp³-hybridized carbons (Fsp3) is 0.273. The summed E-state index contributed by atoms with van der Waals surface area (Å²) >= 11 is 1.99. The topological polar surface area (TPSA) is 12.0 Å². The van der Waals surface area contributed by atoms with E-state index >= 15 is 0 Å². The number of halogens is 2. The molecule has 1 rings (SSSR count). The predicted molar refractivity (Wildman–Crippen MR) is 65.7 cm³/mol. The van der Waals surface area contributed by atoms with Crippen LogP contribution in [0.25, 0.3) is 0 Å². The first-order chi connectivity index (χ1) is 6.75. The van der Waals surface area contributed by atoms with Crippen molar-refractivity contribution in [3.8, 4) is 11.8 Å². The highest BCUT2D eigenvalue weighted by molar-refractivity contribution is 14.1. The fourth-order valence-corrected chi connectivity index (χ4v) is 1.58. The van der Waals surface area contributed by atoms with Crippen LogP contribution in [0.2, 0.25) is 0 Å². The molecule has 0 aromatic heterocycles. The van der Waals surface area contributed by atoms with E-state index in [-0.39, 0.29) is 5.82 Å². The van der Waals surface area contributed by atoms with Gasteiger partial charge in [0.1, 0.15) is 5.82 Å². The standard InChI is InChI=1S/C11H11FIN/c1-2-3-4-8-14-10-7-5-6-9(12)11(10)13/h5-7,14H,4,8H2,1H3. The van der Waals surface area contributed by atoms with Crippen molar-refractivity contribution in [3.05, 3.63) is 27.6 Å². The molecule has 0 atom stereocenters. The number of benzene rings is 1. The molecule has 0 saturated carbocycles. The molecule has 0 amide bonds. The van der Waals surface area contributed by atoms with E-state index in [9.17, 15) is 4.39 Å². The van der Waals surface area contributed by atoms with E-state index in [4.69, 9.17) is 0 Å². The van der Waals surface area contributed by atoms with E-state index in [0.29, 0.717) is 3.57 Å². The molecule has 0 aliphatic carbocycles. The maximum absolute atomic E-state index is 13.1. The van der Waals surface area contributed by atoms with Gasteiger partial charge in [0.25, 0.3) is 0 Å². The summed E-state index contributed by atoms with van der Waals surface area (Å²) in [6.45, 7) is 2.56. The van der Waals surface area contributed by atoms with Crippen molar-refractivity contribution in [2.24, 2.45) is 0 Å². The summed E-state index contributed by atoms with van der Waals surface area (Å²) < 4.78 is 13.7. The van der Waals surface area contributed by atoms with Crippen LogP contribution in [0.15, 0.2) is 18.2 Å². The van der Waals surface area contributed by atoms with Crippen molar-refractivity contribution in [2.75, 3.05) is 11.9 Å². The Morgan fingerprint density at radius 3 is 3.00 bits per heavy atom. The van der Waals surface area contributed by atoms with E-state index in [1.54, 1.807) is 6.07 Å². The van der Waals surface area contributed by atoms with Crippen LogP contribution in [-0.4, -0.2) is 6.54 Å². The minimum absolute atomic E-state index is 0.183. The number of nitrogens with one attached hydrogen (secondary N) is 1. The highest BCUT2D eigenvalue weighted by atomic mass is 127. The molecule has 3 heteroatoms. The molecule has 0 spiro atoms. The van der Waals surface area contributed by atoms with Gasteiger partial charge in [-0.1, -0.05) is 6.07 Å². The third kappa shape index (κ3) is 3.18. The fourth-order valence-electron chi connectivity index (χ4n) is 1.02. The van der Waals surface area contributed by atoms with Crippen LogP contribution in [0, 0.1) is 21.2 Å². The Hall–Kier alpha value is -0.760. The molecule has 14 heavy (non-hydrogen) atoms. The molecule has 1 N–H and O–H groups in total. The van der Waals surface area contributed by atoms with Crippen LogP contribution in [-0.2, 0) is 0 Å². The van der Waals surface area contributed by atoms with Crippen molar-refractivity contribution < 1.29 is 4.39 Å². The zero-order chi connectivity index (χ0) is 10.4. The Morgan fingerprint density at radius 1 is 1.50 bits per heavy atom. The van der Waals surface area contributed by atoms with Gasteiger partial charge in [-0.2, -0.15) is 0 Å². The molecule has 74 valence electrons. The molecule has 0 fully saturated rings. The lowest BCUT2D eigenvalue weighted by Gasteiger charge is -2.06. The zero-order valence-electron chi connectivity index (χ0n) is 7.90. The third-order valence-corrected chi connectivity index (χ3v) is 2.79. The molecule has 0 heterocycles. The first-order valence-electron chi connectivity index (χ1n) is 4.33. The summed E-state index contributed by atoms with van der Waals surface area (Å²) in [5.41, 5.74) is 0.837. The summed E-state index contributed by atoms with van der Waals surface area (Å²) in [4.78, 5) is 0. The van der Waals surface area contributed by atoms with E-state index in [1.165, 1.54) is 6.07 Å². The van der Waals surface area contributed by atoms with Gasteiger partial charge in [-0.25, -0.2) is 4.39 Å². The normalized spacial score (nSPS) is 9.07. The first kappa shape index (κ1) is 11.3. The molecule has 1 aromatic carbocycles. The maximum Gasteiger partial charge on any atom is 0.138 e. The maximum atomic E-state index is 13.1. The highest BCUT2D eigenvalue weighted by Crippen LogP contribution is 2.20. The third-order valence-electron chi connectivity index (χ3n) is 1.69. The molecular formula is C11H11FIN. The minimum atomic E-state index is -0.183. The predicted octanol–water partition coefficient (Wildman–Crippen LogP) is 3.26. The van der Waals surface area contributed by atoms with Gasteiger partial charge in [0.05, 0.1) is 9.26 Å². The van der Waals surface area contributed by atoms with Crippen molar-refractivity contribution in [3.63, 3.8) is 0 Å². The van der Waals surface area contributed by atoms with Crippen LogP contribution < -0.4 is 5.32 Å². The SMILES string of the molecule is CC#CCCNc1cccc(F)c1I. The second-order valence-electron chi connectivity index (χ2n) is 2.70. The first-order valence-corrected chi connectivity index (χ1v) is 5.41.